The lowest BCUT2D eigenvalue weighted by atomic mass is 9.62. The summed E-state index contributed by atoms with van der Waals surface area (Å²) in [6, 6.07) is 0.618. The predicted octanol–water partition coefficient (Wildman–Crippen LogP) is 2.99. The van der Waals surface area contributed by atoms with E-state index in [9.17, 15) is 0 Å². The molecule has 0 aromatic rings. The van der Waals surface area contributed by atoms with Crippen molar-refractivity contribution in [3.8, 4) is 0 Å². The molecule has 2 aliphatic heterocycles. The molecule has 0 bridgehead atoms. The van der Waals surface area contributed by atoms with Crippen molar-refractivity contribution in [2.45, 2.75) is 64.0 Å². The van der Waals surface area contributed by atoms with Gasteiger partial charge >= 0.3 is 0 Å². The predicted molar refractivity (Wildman–Crippen MR) is 80.8 cm³/mol. The van der Waals surface area contributed by atoms with Gasteiger partial charge in [0.1, 0.15) is 0 Å². The minimum Gasteiger partial charge on any atom is -0.381 e. The van der Waals surface area contributed by atoms with Crippen LogP contribution in [0.25, 0.3) is 0 Å². The van der Waals surface area contributed by atoms with Gasteiger partial charge in [0.2, 0.25) is 0 Å². The summed E-state index contributed by atoms with van der Waals surface area (Å²) in [5.74, 6) is 2.76. The molecule has 3 fully saturated rings. The molecule has 2 saturated heterocycles. The van der Waals surface area contributed by atoms with Crippen molar-refractivity contribution in [3.63, 3.8) is 0 Å². The highest BCUT2D eigenvalue weighted by Gasteiger charge is 2.45. The standard InChI is InChI=1S/C17H31NO2/c1-13(2)18-12-15-3-4-16(15)14-5-8-20-17(11-14)6-9-19-10-7-17/h13-16,18H,3-12H2,1-2H3. The lowest BCUT2D eigenvalue weighted by Crippen LogP contribution is -2.49. The molecule has 1 aliphatic carbocycles. The normalized spacial score (nSPS) is 37.0. The van der Waals surface area contributed by atoms with Gasteiger partial charge in [0.25, 0.3) is 0 Å². The van der Waals surface area contributed by atoms with Crippen LogP contribution in [0, 0.1) is 17.8 Å². The van der Waals surface area contributed by atoms with Gasteiger partial charge in [-0.05, 0) is 62.8 Å². The molecule has 3 heteroatoms. The molecule has 1 N–H and O–H groups in total. The van der Waals surface area contributed by atoms with Crippen LogP contribution in [0.3, 0.4) is 0 Å². The summed E-state index contributed by atoms with van der Waals surface area (Å²) in [6.45, 7) is 8.49. The van der Waals surface area contributed by atoms with Crippen LogP contribution in [0.4, 0.5) is 0 Å². The third-order valence-electron chi connectivity index (χ3n) is 5.81. The largest absolute Gasteiger partial charge is 0.381 e. The first-order chi connectivity index (χ1) is 9.69. The highest BCUT2D eigenvalue weighted by atomic mass is 16.5. The van der Waals surface area contributed by atoms with Crippen molar-refractivity contribution in [2.24, 2.45) is 17.8 Å². The van der Waals surface area contributed by atoms with Gasteiger partial charge in [0.15, 0.2) is 0 Å². The van der Waals surface area contributed by atoms with Crippen molar-refractivity contribution in [3.05, 3.63) is 0 Å². The van der Waals surface area contributed by atoms with E-state index < -0.39 is 0 Å². The fraction of sp³-hybridized carbons (Fsp3) is 1.00. The van der Waals surface area contributed by atoms with E-state index in [-0.39, 0.29) is 5.60 Å². The summed E-state index contributed by atoms with van der Waals surface area (Å²) in [6.07, 6.45) is 7.68. The maximum absolute atomic E-state index is 6.19. The Labute approximate surface area is 123 Å². The van der Waals surface area contributed by atoms with Gasteiger partial charge in [-0.15, -0.1) is 0 Å². The van der Waals surface area contributed by atoms with Gasteiger partial charge in [0, 0.05) is 25.9 Å². The molecule has 1 saturated carbocycles. The average molecular weight is 281 g/mol. The zero-order valence-electron chi connectivity index (χ0n) is 13.2. The molecule has 116 valence electrons. The number of hydrogen-bond donors (Lipinski definition) is 1. The third kappa shape index (κ3) is 3.20. The molecule has 3 nitrogen and oxygen atoms in total. The minimum absolute atomic E-state index is 0.173. The van der Waals surface area contributed by atoms with E-state index in [2.05, 4.69) is 19.2 Å². The zero-order valence-corrected chi connectivity index (χ0v) is 13.2. The summed E-state index contributed by atoms with van der Waals surface area (Å²) in [5.41, 5.74) is 0.173. The number of nitrogens with one attached hydrogen (secondary N) is 1. The molecule has 3 aliphatic rings. The smallest absolute Gasteiger partial charge is 0.0729 e. The van der Waals surface area contributed by atoms with Crippen molar-refractivity contribution >= 4 is 0 Å². The Morgan fingerprint density at radius 2 is 1.90 bits per heavy atom. The third-order valence-corrected chi connectivity index (χ3v) is 5.81. The van der Waals surface area contributed by atoms with Crippen LogP contribution in [-0.2, 0) is 9.47 Å². The molecular formula is C17H31NO2. The van der Waals surface area contributed by atoms with Crippen molar-refractivity contribution in [2.75, 3.05) is 26.4 Å². The summed E-state index contributed by atoms with van der Waals surface area (Å²) in [7, 11) is 0. The number of ether oxygens (including phenoxy) is 2. The van der Waals surface area contributed by atoms with Gasteiger partial charge in [-0.2, -0.15) is 0 Å². The second-order valence-electron chi connectivity index (χ2n) is 7.46. The van der Waals surface area contributed by atoms with E-state index in [0.29, 0.717) is 6.04 Å². The van der Waals surface area contributed by atoms with Gasteiger partial charge < -0.3 is 14.8 Å². The lowest BCUT2D eigenvalue weighted by Gasteiger charge is -2.50. The SMILES string of the molecule is CC(C)NCC1CCC1C1CCOC2(CCOCC2)C1. The van der Waals surface area contributed by atoms with Crippen molar-refractivity contribution in [1.82, 2.24) is 5.32 Å². The Bertz CT molecular complexity index is 307. The Morgan fingerprint density at radius 1 is 1.10 bits per heavy atom. The molecule has 2 heterocycles. The molecule has 1 spiro atoms. The number of hydrogen-bond acceptors (Lipinski definition) is 3. The molecule has 0 amide bonds. The van der Waals surface area contributed by atoms with Crippen molar-refractivity contribution < 1.29 is 9.47 Å². The zero-order chi connectivity index (χ0) is 14.0. The molecule has 0 aromatic heterocycles. The van der Waals surface area contributed by atoms with E-state index in [1.807, 2.05) is 0 Å². The first-order valence-corrected chi connectivity index (χ1v) is 8.64. The van der Waals surface area contributed by atoms with Crippen LogP contribution < -0.4 is 5.32 Å². The van der Waals surface area contributed by atoms with Crippen LogP contribution in [0.2, 0.25) is 0 Å². The van der Waals surface area contributed by atoms with E-state index >= 15 is 0 Å². The highest BCUT2D eigenvalue weighted by molar-refractivity contribution is 4.95. The molecule has 3 unspecified atom stereocenters. The lowest BCUT2D eigenvalue weighted by molar-refractivity contribution is -0.160. The topological polar surface area (TPSA) is 30.5 Å². The second-order valence-corrected chi connectivity index (χ2v) is 7.46. The Balaban J connectivity index is 1.54. The minimum atomic E-state index is 0.173. The fourth-order valence-corrected chi connectivity index (χ4v) is 4.38. The maximum atomic E-state index is 6.19. The summed E-state index contributed by atoms with van der Waals surface area (Å²) in [5, 5.41) is 3.64. The van der Waals surface area contributed by atoms with Gasteiger partial charge in [0.05, 0.1) is 5.60 Å². The van der Waals surface area contributed by atoms with Crippen molar-refractivity contribution in [1.29, 1.82) is 0 Å². The van der Waals surface area contributed by atoms with E-state index in [4.69, 9.17) is 9.47 Å². The first kappa shape index (κ1) is 14.8. The summed E-state index contributed by atoms with van der Waals surface area (Å²) >= 11 is 0. The molecule has 3 atom stereocenters. The Kier molecular flexibility index (Phi) is 4.68. The van der Waals surface area contributed by atoms with Crippen LogP contribution in [0.5, 0.6) is 0 Å². The number of rotatable bonds is 4. The molecular weight excluding hydrogens is 250 g/mol. The molecule has 0 radical (unpaired) electrons. The molecule has 20 heavy (non-hydrogen) atoms. The van der Waals surface area contributed by atoms with Gasteiger partial charge in [-0.25, -0.2) is 0 Å². The Hall–Kier alpha value is -0.120. The van der Waals surface area contributed by atoms with E-state index in [0.717, 1.165) is 50.4 Å². The van der Waals surface area contributed by atoms with E-state index in [1.54, 1.807) is 0 Å². The van der Waals surface area contributed by atoms with Crippen LogP contribution >= 0.6 is 0 Å². The quantitative estimate of drug-likeness (QED) is 0.859. The monoisotopic (exact) mass is 281 g/mol. The second kappa shape index (κ2) is 6.33. The van der Waals surface area contributed by atoms with E-state index in [1.165, 1.54) is 32.2 Å². The summed E-state index contributed by atoms with van der Waals surface area (Å²) in [4.78, 5) is 0. The Morgan fingerprint density at radius 3 is 2.55 bits per heavy atom. The van der Waals surface area contributed by atoms with Gasteiger partial charge in [-0.3, -0.25) is 0 Å². The fourth-order valence-electron chi connectivity index (χ4n) is 4.38. The van der Waals surface area contributed by atoms with Gasteiger partial charge in [-0.1, -0.05) is 13.8 Å². The molecule has 0 aromatic carbocycles. The molecule has 3 rings (SSSR count). The van der Waals surface area contributed by atoms with Crippen LogP contribution in [0.1, 0.15) is 52.4 Å². The summed E-state index contributed by atoms with van der Waals surface area (Å²) < 4.78 is 11.7. The first-order valence-electron chi connectivity index (χ1n) is 8.64. The van der Waals surface area contributed by atoms with Crippen LogP contribution in [0.15, 0.2) is 0 Å². The maximum Gasteiger partial charge on any atom is 0.0729 e. The van der Waals surface area contributed by atoms with Crippen LogP contribution in [-0.4, -0.2) is 38.0 Å². The average Bonchev–Trinajstić information content (AvgIpc) is 2.38. The highest BCUT2D eigenvalue weighted by Crippen LogP contribution is 2.48.